The summed E-state index contributed by atoms with van der Waals surface area (Å²) in [4.78, 5) is 33.0. The van der Waals surface area contributed by atoms with Gasteiger partial charge in [0, 0.05) is 56.4 Å². The molecule has 0 spiro atoms. The predicted octanol–water partition coefficient (Wildman–Crippen LogP) is 3.18. The molecular formula is C26H27N5O4. The SMILES string of the molecule is COc1ccccc1N1CCN2c3ccc([N+](=O)[O-])cc3C[C@@H](C(=O)NCc3ccncc3)[C@H]2C1. The summed E-state index contributed by atoms with van der Waals surface area (Å²) in [6.07, 6.45) is 3.84. The first kappa shape index (κ1) is 22.6. The van der Waals surface area contributed by atoms with Gasteiger partial charge < -0.3 is 19.9 Å². The van der Waals surface area contributed by atoms with Crippen LogP contribution in [0.2, 0.25) is 0 Å². The number of anilines is 2. The van der Waals surface area contributed by atoms with E-state index in [0.717, 1.165) is 34.8 Å². The van der Waals surface area contributed by atoms with Gasteiger partial charge in [-0.1, -0.05) is 12.1 Å². The molecule has 0 bridgehead atoms. The number of ether oxygens (including phenoxy) is 1. The molecule has 2 aliphatic heterocycles. The zero-order valence-corrected chi connectivity index (χ0v) is 19.5. The second-order valence-corrected chi connectivity index (χ2v) is 8.83. The minimum atomic E-state index is -0.384. The first-order valence-electron chi connectivity index (χ1n) is 11.6. The number of aromatic nitrogens is 1. The van der Waals surface area contributed by atoms with E-state index in [1.807, 2.05) is 42.5 Å². The fourth-order valence-electron chi connectivity index (χ4n) is 5.15. The molecule has 0 saturated carbocycles. The van der Waals surface area contributed by atoms with E-state index in [-0.39, 0.29) is 28.5 Å². The Balaban J connectivity index is 1.45. The monoisotopic (exact) mass is 473 g/mol. The molecule has 2 atom stereocenters. The Morgan fingerprint density at radius 2 is 1.94 bits per heavy atom. The van der Waals surface area contributed by atoms with Crippen LogP contribution in [0.5, 0.6) is 5.75 Å². The van der Waals surface area contributed by atoms with Gasteiger partial charge >= 0.3 is 0 Å². The number of carbonyl (C=O) groups is 1. The molecule has 35 heavy (non-hydrogen) atoms. The van der Waals surface area contributed by atoms with Crippen LogP contribution in [-0.2, 0) is 17.8 Å². The van der Waals surface area contributed by atoms with E-state index in [2.05, 4.69) is 20.1 Å². The number of nitrogens with one attached hydrogen (secondary N) is 1. The summed E-state index contributed by atoms with van der Waals surface area (Å²) in [7, 11) is 1.66. The summed E-state index contributed by atoms with van der Waals surface area (Å²) in [5.74, 6) is 0.381. The second-order valence-electron chi connectivity index (χ2n) is 8.83. The van der Waals surface area contributed by atoms with Gasteiger partial charge in [-0.3, -0.25) is 19.9 Å². The molecule has 1 N–H and O–H groups in total. The average molecular weight is 474 g/mol. The smallest absolute Gasteiger partial charge is 0.269 e. The molecule has 1 aromatic heterocycles. The van der Waals surface area contributed by atoms with Crippen molar-refractivity contribution in [3.63, 3.8) is 0 Å². The van der Waals surface area contributed by atoms with Gasteiger partial charge in [-0.15, -0.1) is 0 Å². The van der Waals surface area contributed by atoms with E-state index in [9.17, 15) is 14.9 Å². The summed E-state index contributed by atoms with van der Waals surface area (Å²) < 4.78 is 5.58. The molecule has 1 saturated heterocycles. The summed E-state index contributed by atoms with van der Waals surface area (Å²) >= 11 is 0. The number of rotatable bonds is 6. The molecule has 0 radical (unpaired) electrons. The molecule has 3 heterocycles. The van der Waals surface area contributed by atoms with Crippen LogP contribution in [0.15, 0.2) is 67.0 Å². The Labute approximate surface area is 203 Å². The number of non-ortho nitro benzene ring substituents is 1. The third-order valence-electron chi connectivity index (χ3n) is 6.88. The third kappa shape index (κ3) is 4.49. The van der Waals surface area contributed by atoms with Crippen molar-refractivity contribution in [3.05, 3.63) is 88.2 Å². The van der Waals surface area contributed by atoms with Crippen LogP contribution in [0.25, 0.3) is 0 Å². The summed E-state index contributed by atoms with van der Waals surface area (Å²) in [6.45, 7) is 2.49. The standard InChI is InChI=1S/C26H27N5O4/c1-35-25-5-3-2-4-23(25)29-12-13-30-22-7-6-20(31(33)34)14-19(22)15-21(24(30)17-29)26(32)28-16-18-8-10-27-11-9-18/h2-11,14,21,24H,12-13,15-17H2,1H3,(H,28,32)/t21-,24-/m1/s1. The Hall–Kier alpha value is -4.14. The van der Waals surface area contributed by atoms with Gasteiger partial charge in [-0.05, 0) is 47.9 Å². The van der Waals surface area contributed by atoms with Crippen LogP contribution in [-0.4, -0.2) is 48.6 Å². The molecule has 3 aromatic rings. The molecular weight excluding hydrogens is 446 g/mol. The van der Waals surface area contributed by atoms with E-state index >= 15 is 0 Å². The van der Waals surface area contributed by atoms with Crippen molar-refractivity contribution in [2.75, 3.05) is 36.5 Å². The van der Waals surface area contributed by atoms with Gasteiger partial charge in [0.25, 0.3) is 5.69 Å². The Morgan fingerprint density at radius 1 is 1.14 bits per heavy atom. The number of pyridine rings is 1. The van der Waals surface area contributed by atoms with Gasteiger partial charge in [0.15, 0.2) is 0 Å². The summed E-state index contributed by atoms with van der Waals surface area (Å²) in [5, 5.41) is 14.5. The van der Waals surface area contributed by atoms with Crippen LogP contribution < -0.4 is 19.9 Å². The summed E-state index contributed by atoms with van der Waals surface area (Å²) in [5.41, 5.74) is 3.82. The van der Waals surface area contributed by atoms with Crippen LogP contribution >= 0.6 is 0 Å². The van der Waals surface area contributed by atoms with E-state index < -0.39 is 0 Å². The zero-order chi connectivity index (χ0) is 24.4. The van der Waals surface area contributed by atoms with Crippen LogP contribution in [0.4, 0.5) is 17.1 Å². The minimum absolute atomic E-state index is 0.0470. The molecule has 0 aliphatic carbocycles. The number of piperazine rings is 1. The maximum atomic E-state index is 13.5. The van der Waals surface area contributed by atoms with Crippen molar-refractivity contribution in [2.45, 2.75) is 19.0 Å². The van der Waals surface area contributed by atoms with Gasteiger partial charge in [0.2, 0.25) is 5.91 Å². The lowest BCUT2D eigenvalue weighted by molar-refractivity contribution is -0.384. The highest BCUT2D eigenvalue weighted by molar-refractivity contribution is 5.82. The largest absolute Gasteiger partial charge is 0.495 e. The molecule has 1 amide bonds. The van der Waals surface area contributed by atoms with Crippen molar-refractivity contribution < 1.29 is 14.5 Å². The van der Waals surface area contributed by atoms with Crippen molar-refractivity contribution in [2.24, 2.45) is 5.92 Å². The van der Waals surface area contributed by atoms with E-state index in [0.29, 0.717) is 26.1 Å². The van der Waals surface area contributed by atoms with Crippen molar-refractivity contribution in [1.82, 2.24) is 10.3 Å². The number of nitro benzene ring substituents is 1. The van der Waals surface area contributed by atoms with E-state index in [1.165, 1.54) is 0 Å². The number of fused-ring (bicyclic) bond motifs is 3. The number of nitrogens with zero attached hydrogens (tertiary/aromatic N) is 4. The van der Waals surface area contributed by atoms with Gasteiger partial charge in [-0.2, -0.15) is 0 Å². The zero-order valence-electron chi connectivity index (χ0n) is 19.5. The van der Waals surface area contributed by atoms with Crippen LogP contribution in [0.3, 0.4) is 0 Å². The Morgan fingerprint density at radius 3 is 2.71 bits per heavy atom. The molecule has 2 aliphatic rings. The number of benzene rings is 2. The number of nitro groups is 1. The third-order valence-corrected chi connectivity index (χ3v) is 6.88. The number of carbonyl (C=O) groups excluding carboxylic acids is 1. The lowest BCUT2D eigenvalue weighted by atomic mass is 9.83. The van der Waals surface area contributed by atoms with Crippen LogP contribution in [0, 0.1) is 16.0 Å². The Kier molecular flexibility index (Phi) is 6.22. The van der Waals surface area contributed by atoms with Crippen molar-refractivity contribution in [1.29, 1.82) is 0 Å². The number of methoxy groups -OCH3 is 1. The summed E-state index contributed by atoms with van der Waals surface area (Å²) in [6, 6.07) is 16.5. The fourth-order valence-corrected chi connectivity index (χ4v) is 5.15. The molecule has 0 unspecified atom stereocenters. The van der Waals surface area contributed by atoms with Crippen molar-refractivity contribution >= 4 is 23.0 Å². The maximum absolute atomic E-state index is 13.5. The van der Waals surface area contributed by atoms with E-state index in [4.69, 9.17) is 4.74 Å². The highest BCUT2D eigenvalue weighted by Crippen LogP contribution is 2.39. The quantitative estimate of drug-likeness (QED) is 0.433. The molecule has 2 aromatic carbocycles. The lowest BCUT2D eigenvalue weighted by Crippen LogP contribution is -2.61. The normalized spacial score (nSPS) is 18.9. The lowest BCUT2D eigenvalue weighted by Gasteiger charge is -2.49. The number of amides is 1. The number of para-hydroxylation sites is 2. The second kappa shape index (κ2) is 9.61. The number of hydrogen-bond acceptors (Lipinski definition) is 7. The minimum Gasteiger partial charge on any atom is -0.495 e. The van der Waals surface area contributed by atoms with Crippen LogP contribution in [0.1, 0.15) is 11.1 Å². The van der Waals surface area contributed by atoms with Gasteiger partial charge in [0.05, 0.1) is 29.7 Å². The van der Waals surface area contributed by atoms with Gasteiger partial charge in [0.1, 0.15) is 5.75 Å². The average Bonchev–Trinajstić information content (AvgIpc) is 2.91. The fraction of sp³-hybridized carbons (Fsp3) is 0.308. The van der Waals surface area contributed by atoms with Crippen molar-refractivity contribution in [3.8, 4) is 5.75 Å². The molecule has 9 nitrogen and oxygen atoms in total. The predicted molar refractivity (Wildman–Crippen MR) is 133 cm³/mol. The van der Waals surface area contributed by atoms with E-state index in [1.54, 1.807) is 31.6 Å². The molecule has 9 heteroatoms. The maximum Gasteiger partial charge on any atom is 0.269 e. The molecule has 1 fully saturated rings. The highest BCUT2D eigenvalue weighted by Gasteiger charge is 2.42. The number of hydrogen-bond donors (Lipinski definition) is 1. The Bertz CT molecular complexity index is 1240. The first-order valence-corrected chi connectivity index (χ1v) is 11.6. The van der Waals surface area contributed by atoms with Gasteiger partial charge in [-0.25, -0.2) is 0 Å². The molecule has 5 rings (SSSR count). The first-order chi connectivity index (χ1) is 17.0. The highest BCUT2D eigenvalue weighted by atomic mass is 16.6. The molecule has 180 valence electrons. The topological polar surface area (TPSA) is 101 Å².